The lowest BCUT2D eigenvalue weighted by molar-refractivity contribution is -0.149. The smallest absolute Gasteiger partial charge is 0.371 e. The summed E-state index contributed by atoms with van der Waals surface area (Å²) in [6.07, 6.45) is 1.39. The van der Waals surface area contributed by atoms with E-state index in [-0.39, 0.29) is 25.3 Å². The van der Waals surface area contributed by atoms with E-state index in [9.17, 15) is 19.2 Å². The largest absolute Gasteiger partial charge is 0.468 e. The lowest BCUT2D eigenvalue weighted by Crippen LogP contribution is -2.43. The number of anilines is 1. The maximum atomic E-state index is 12.2. The monoisotopic (exact) mass is 334 g/mol. The van der Waals surface area contributed by atoms with Crippen molar-refractivity contribution in [3.05, 3.63) is 29.8 Å². The molecule has 0 saturated heterocycles. The molecule has 0 unspecified atom stereocenters. The lowest BCUT2D eigenvalue weighted by atomic mass is 10.1. The Morgan fingerprint density at radius 3 is 2.67 bits per heavy atom. The van der Waals surface area contributed by atoms with E-state index in [2.05, 4.69) is 15.4 Å². The molecule has 1 amide bonds. The van der Waals surface area contributed by atoms with Crippen LogP contribution in [0.1, 0.15) is 18.4 Å². The Balaban J connectivity index is 1.95. The van der Waals surface area contributed by atoms with E-state index in [4.69, 9.17) is 4.74 Å². The van der Waals surface area contributed by atoms with Crippen LogP contribution in [0.4, 0.5) is 5.69 Å². The van der Waals surface area contributed by atoms with Gasteiger partial charge in [-0.25, -0.2) is 4.79 Å². The Morgan fingerprint density at radius 2 is 2.04 bits per heavy atom. The van der Waals surface area contributed by atoms with E-state index in [1.54, 1.807) is 24.3 Å². The van der Waals surface area contributed by atoms with Gasteiger partial charge in [-0.15, -0.1) is 0 Å². The number of aldehydes is 1. The summed E-state index contributed by atoms with van der Waals surface area (Å²) in [4.78, 5) is 44.4. The molecule has 0 spiro atoms. The van der Waals surface area contributed by atoms with Gasteiger partial charge in [0, 0.05) is 5.69 Å². The fourth-order valence-electron chi connectivity index (χ4n) is 2.13. The molecule has 128 valence electrons. The third kappa shape index (κ3) is 4.55. The van der Waals surface area contributed by atoms with E-state index < -0.39 is 17.5 Å². The molecule has 0 bridgehead atoms. The molecule has 1 aliphatic rings. The van der Waals surface area contributed by atoms with Crippen LogP contribution in [0.5, 0.6) is 0 Å². The average Bonchev–Trinajstić information content (AvgIpc) is 3.38. The van der Waals surface area contributed by atoms with Crippen LogP contribution in [-0.2, 0) is 35.3 Å². The molecule has 1 aromatic carbocycles. The number of ether oxygens (including phenoxy) is 2. The molecular weight excluding hydrogens is 316 g/mol. The van der Waals surface area contributed by atoms with Gasteiger partial charge in [0.2, 0.25) is 12.2 Å². The van der Waals surface area contributed by atoms with E-state index in [1.165, 1.54) is 7.11 Å². The molecule has 2 N–H and O–H groups in total. The topological polar surface area (TPSA) is 111 Å². The van der Waals surface area contributed by atoms with Crippen LogP contribution in [0.3, 0.4) is 0 Å². The number of rotatable bonds is 8. The van der Waals surface area contributed by atoms with Crippen molar-refractivity contribution in [1.82, 2.24) is 5.32 Å². The molecule has 0 aliphatic heterocycles. The second-order valence-electron chi connectivity index (χ2n) is 5.39. The molecule has 2 rings (SSSR count). The van der Waals surface area contributed by atoms with Crippen molar-refractivity contribution in [1.29, 1.82) is 0 Å². The molecule has 1 aromatic rings. The van der Waals surface area contributed by atoms with E-state index in [0.29, 0.717) is 24.1 Å². The fourth-order valence-corrected chi connectivity index (χ4v) is 2.13. The highest BCUT2D eigenvalue weighted by atomic mass is 16.5. The van der Waals surface area contributed by atoms with Gasteiger partial charge in [-0.1, -0.05) is 12.1 Å². The van der Waals surface area contributed by atoms with Gasteiger partial charge in [0.15, 0.2) is 0 Å². The van der Waals surface area contributed by atoms with Gasteiger partial charge in [-0.2, -0.15) is 0 Å². The number of methoxy groups -OCH3 is 1. The predicted octanol–water partition coefficient (Wildman–Crippen LogP) is 0.162. The highest BCUT2D eigenvalue weighted by Gasteiger charge is 2.50. The molecule has 8 heteroatoms. The fraction of sp³-hybridized carbons (Fsp3) is 0.375. The number of nitrogens with one attached hydrogen (secondary N) is 2. The van der Waals surface area contributed by atoms with Crippen molar-refractivity contribution in [3.8, 4) is 0 Å². The summed E-state index contributed by atoms with van der Waals surface area (Å²) >= 11 is 0. The summed E-state index contributed by atoms with van der Waals surface area (Å²) in [5, 5.41) is 5.67. The van der Waals surface area contributed by atoms with Gasteiger partial charge in [0.25, 0.3) is 0 Å². The minimum absolute atomic E-state index is 0.0331. The summed E-state index contributed by atoms with van der Waals surface area (Å²) in [7, 11) is 1.25. The summed E-state index contributed by atoms with van der Waals surface area (Å²) < 4.78 is 9.22. The van der Waals surface area contributed by atoms with Gasteiger partial charge in [0.1, 0.15) is 18.7 Å². The zero-order chi connectivity index (χ0) is 17.6. The van der Waals surface area contributed by atoms with Gasteiger partial charge in [-0.05, 0) is 30.5 Å². The second-order valence-corrected chi connectivity index (χ2v) is 5.39. The molecule has 1 saturated carbocycles. The zero-order valence-corrected chi connectivity index (χ0v) is 13.2. The van der Waals surface area contributed by atoms with Crippen LogP contribution in [0.15, 0.2) is 24.3 Å². The van der Waals surface area contributed by atoms with E-state index in [0.717, 1.165) is 0 Å². The molecule has 8 nitrogen and oxygen atoms in total. The molecule has 0 radical (unpaired) electrons. The van der Waals surface area contributed by atoms with Crippen molar-refractivity contribution in [2.75, 3.05) is 19.0 Å². The van der Waals surface area contributed by atoms with Crippen molar-refractivity contribution < 1.29 is 28.7 Å². The normalized spacial score (nSPS) is 14.2. The molecule has 0 heterocycles. The first kappa shape index (κ1) is 17.5. The minimum Gasteiger partial charge on any atom is -0.468 e. The number of amides is 1. The minimum atomic E-state index is -0.936. The maximum absolute atomic E-state index is 12.2. The first-order valence-corrected chi connectivity index (χ1v) is 7.33. The second kappa shape index (κ2) is 7.58. The number of hydrogen-bond donors (Lipinski definition) is 2. The van der Waals surface area contributed by atoms with Gasteiger partial charge in [-0.3, -0.25) is 14.4 Å². The molecule has 0 aromatic heterocycles. The van der Waals surface area contributed by atoms with Crippen molar-refractivity contribution in [2.45, 2.75) is 25.0 Å². The Kier molecular flexibility index (Phi) is 5.51. The number of carbonyl (C=O) groups excluding carboxylic acids is 4. The van der Waals surface area contributed by atoms with Gasteiger partial charge < -0.3 is 20.1 Å². The number of benzene rings is 1. The molecule has 1 fully saturated rings. The summed E-state index contributed by atoms with van der Waals surface area (Å²) in [5.74, 6) is -1.72. The lowest BCUT2D eigenvalue weighted by Gasteiger charge is -2.18. The maximum Gasteiger partial charge on any atom is 0.371 e. The standard InChI is InChI=1S/C16H18N2O6/c1-23-13(20)8-17-15(22)16(5-6-16)18-12-4-2-3-11(7-12)10-24-14(21)9-19/h2-4,7,9,18H,5-6,8,10H2,1H3,(H,17,22). The van der Waals surface area contributed by atoms with Gasteiger partial charge in [0.05, 0.1) is 7.11 Å². The summed E-state index contributed by atoms with van der Waals surface area (Å²) in [6, 6.07) is 6.99. The first-order valence-electron chi connectivity index (χ1n) is 7.33. The predicted molar refractivity (Wildman–Crippen MR) is 82.9 cm³/mol. The van der Waals surface area contributed by atoms with Crippen molar-refractivity contribution in [2.24, 2.45) is 0 Å². The Labute approximate surface area is 138 Å². The van der Waals surface area contributed by atoms with Crippen LogP contribution < -0.4 is 10.6 Å². The molecule has 0 atom stereocenters. The molecular formula is C16H18N2O6. The van der Waals surface area contributed by atoms with E-state index in [1.807, 2.05) is 0 Å². The number of carbonyl (C=O) groups is 4. The van der Waals surface area contributed by atoms with Gasteiger partial charge >= 0.3 is 11.9 Å². The average molecular weight is 334 g/mol. The van der Waals surface area contributed by atoms with Crippen LogP contribution in [0, 0.1) is 0 Å². The molecule has 24 heavy (non-hydrogen) atoms. The number of esters is 2. The Morgan fingerprint density at radius 1 is 1.29 bits per heavy atom. The highest BCUT2D eigenvalue weighted by Crippen LogP contribution is 2.39. The van der Waals surface area contributed by atoms with Crippen LogP contribution >= 0.6 is 0 Å². The first-order chi connectivity index (χ1) is 11.5. The van der Waals surface area contributed by atoms with E-state index >= 15 is 0 Å². The third-order valence-electron chi connectivity index (χ3n) is 3.59. The highest BCUT2D eigenvalue weighted by molar-refractivity contribution is 6.20. The van der Waals surface area contributed by atoms with Crippen LogP contribution in [0.25, 0.3) is 0 Å². The summed E-state index contributed by atoms with van der Waals surface area (Å²) in [6.45, 7) is -0.213. The SMILES string of the molecule is COC(=O)CNC(=O)C1(Nc2cccc(COC(=O)C=O)c2)CC1. The Hall–Kier alpha value is -2.90. The van der Waals surface area contributed by atoms with Crippen LogP contribution in [0.2, 0.25) is 0 Å². The third-order valence-corrected chi connectivity index (χ3v) is 3.59. The summed E-state index contributed by atoms with van der Waals surface area (Å²) in [5.41, 5.74) is 0.618. The van der Waals surface area contributed by atoms with Crippen LogP contribution in [-0.4, -0.2) is 43.3 Å². The Bertz CT molecular complexity index is 654. The van der Waals surface area contributed by atoms with Crippen molar-refractivity contribution in [3.63, 3.8) is 0 Å². The quantitative estimate of drug-likeness (QED) is 0.396. The number of hydrogen-bond acceptors (Lipinski definition) is 7. The van der Waals surface area contributed by atoms with Crippen molar-refractivity contribution >= 4 is 29.8 Å². The zero-order valence-electron chi connectivity index (χ0n) is 13.2. The molecule has 1 aliphatic carbocycles.